The van der Waals surface area contributed by atoms with Gasteiger partial charge in [0.2, 0.25) is 0 Å². The predicted octanol–water partition coefficient (Wildman–Crippen LogP) is 1.83. The molecule has 19 heavy (non-hydrogen) atoms. The number of aromatic nitrogens is 4. The van der Waals surface area contributed by atoms with Gasteiger partial charge < -0.3 is 5.11 Å². The van der Waals surface area contributed by atoms with Crippen molar-refractivity contribution < 1.29 is 9.90 Å². The molecular formula is C12H10N4O2S. The highest BCUT2D eigenvalue weighted by molar-refractivity contribution is 7.09. The van der Waals surface area contributed by atoms with Crippen molar-refractivity contribution in [2.45, 2.75) is 13.0 Å². The number of hydrogen-bond acceptors (Lipinski definition) is 5. The Kier molecular flexibility index (Phi) is 2.96. The standard InChI is InChI=1S/C12H10N4O2S/c17-12(18)8-2-1-3-9-11(8)14-15-16(9)6-4-10-13-5-7-19-10/h1-3,5,7H,4,6H2,(H,17,18). The number of nitrogens with zero attached hydrogens (tertiary/aromatic N) is 4. The van der Waals surface area contributed by atoms with E-state index in [0.717, 1.165) is 16.9 Å². The summed E-state index contributed by atoms with van der Waals surface area (Å²) in [5, 5.41) is 20.0. The molecule has 0 spiro atoms. The van der Waals surface area contributed by atoms with Crippen molar-refractivity contribution in [1.82, 2.24) is 20.0 Å². The van der Waals surface area contributed by atoms with Crippen LogP contribution in [0.4, 0.5) is 0 Å². The van der Waals surface area contributed by atoms with Gasteiger partial charge in [-0.15, -0.1) is 16.4 Å². The van der Waals surface area contributed by atoms with Gasteiger partial charge in [0.15, 0.2) is 0 Å². The van der Waals surface area contributed by atoms with E-state index < -0.39 is 5.97 Å². The minimum absolute atomic E-state index is 0.179. The minimum Gasteiger partial charge on any atom is -0.478 e. The van der Waals surface area contributed by atoms with Crippen LogP contribution in [0.15, 0.2) is 29.8 Å². The molecule has 6 nitrogen and oxygen atoms in total. The van der Waals surface area contributed by atoms with Gasteiger partial charge in [-0.05, 0) is 12.1 Å². The third kappa shape index (κ3) is 2.19. The molecule has 0 aliphatic rings. The van der Waals surface area contributed by atoms with E-state index in [0.29, 0.717) is 12.1 Å². The third-order valence-electron chi connectivity index (χ3n) is 2.80. The number of carbonyl (C=O) groups is 1. The highest BCUT2D eigenvalue weighted by atomic mass is 32.1. The molecule has 3 rings (SSSR count). The van der Waals surface area contributed by atoms with Gasteiger partial charge in [0, 0.05) is 24.5 Å². The second kappa shape index (κ2) is 4.77. The number of rotatable bonds is 4. The number of thiazole rings is 1. The predicted molar refractivity (Wildman–Crippen MR) is 70.3 cm³/mol. The second-order valence-electron chi connectivity index (χ2n) is 3.97. The maximum Gasteiger partial charge on any atom is 0.338 e. The highest BCUT2D eigenvalue weighted by Crippen LogP contribution is 2.16. The van der Waals surface area contributed by atoms with E-state index in [4.69, 9.17) is 5.11 Å². The van der Waals surface area contributed by atoms with Crippen molar-refractivity contribution in [3.8, 4) is 0 Å². The summed E-state index contributed by atoms with van der Waals surface area (Å²) in [6, 6.07) is 5.06. The Morgan fingerprint density at radius 1 is 1.42 bits per heavy atom. The van der Waals surface area contributed by atoms with Crippen LogP contribution in [0.3, 0.4) is 0 Å². The Bertz CT molecular complexity index is 720. The quantitative estimate of drug-likeness (QED) is 0.785. The number of benzene rings is 1. The molecule has 0 aliphatic heterocycles. The van der Waals surface area contributed by atoms with Crippen molar-refractivity contribution in [3.05, 3.63) is 40.3 Å². The topological polar surface area (TPSA) is 80.9 Å². The molecule has 2 aromatic heterocycles. The number of hydrogen-bond donors (Lipinski definition) is 1. The molecule has 0 saturated carbocycles. The maximum atomic E-state index is 11.1. The van der Waals surface area contributed by atoms with Gasteiger partial charge in [0.1, 0.15) is 5.52 Å². The molecular weight excluding hydrogens is 264 g/mol. The van der Waals surface area contributed by atoms with Gasteiger partial charge in [-0.1, -0.05) is 11.3 Å². The molecule has 0 fully saturated rings. The van der Waals surface area contributed by atoms with Crippen LogP contribution in [-0.4, -0.2) is 31.1 Å². The number of carboxylic acids is 1. The second-order valence-corrected chi connectivity index (χ2v) is 4.95. The lowest BCUT2D eigenvalue weighted by Crippen LogP contribution is -2.03. The van der Waals surface area contributed by atoms with E-state index in [-0.39, 0.29) is 5.56 Å². The smallest absolute Gasteiger partial charge is 0.338 e. The van der Waals surface area contributed by atoms with Gasteiger partial charge in [-0.3, -0.25) is 0 Å². The van der Waals surface area contributed by atoms with Gasteiger partial charge >= 0.3 is 5.97 Å². The monoisotopic (exact) mass is 274 g/mol. The average molecular weight is 274 g/mol. The SMILES string of the molecule is O=C(O)c1cccc2c1nnn2CCc1nccs1. The fraction of sp³-hybridized carbons (Fsp3) is 0.167. The first kappa shape index (κ1) is 11.8. The summed E-state index contributed by atoms with van der Waals surface area (Å²) < 4.78 is 1.71. The van der Waals surface area contributed by atoms with E-state index in [1.165, 1.54) is 6.07 Å². The zero-order valence-corrected chi connectivity index (χ0v) is 10.7. The zero-order chi connectivity index (χ0) is 13.2. The van der Waals surface area contributed by atoms with Crippen LogP contribution in [-0.2, 0) is 13.0 Å². The molecule has 0 amide bonds. The number of aromatic carboxylic acids is 1. The molecule has 0 radical (unpaired) electrons. The van der Waals surface area contributed by atoms with Gasteiger partial charge in [0.05, 0.1) is 16.1 Å². The molecule has 96 valence electrons. The number of aryl methyl sites for hydroxylation is 2. The van der Waals surface area contributed by atoms with Crippen LogP contribution in [0.2, 0.25) is 0 Å². The van der Waals surface area contributed by atoms with Crippen LogP contribution >= 0.6 is 11.3 Å². The highest BCUT2D eigenvalue weighted by Gasteiger charge is 2.13. The Morgan fingerprint density at radius 2 is 2.32 bits per heavy atom. The van der Waals surface area contributed by atoms with Crippen molar-refractivity contribution >= 4 is 28.3 Å². The minimum atomic E-state index is -0.988. The normalized spacial score (nSPS) is 10.9. The van der Waals surface area contributed by atoms with E-state index in [1.807, 2.05) is 11.4 Å². The Labute approximate surface area is 112 Å². The zero-order valence-electron chi connectivity index (χ0n) is 9.85. The van der Waals surface area contributed by atoms with Crippen LogP contribution in [0.25, 0.3) is 11.0 Å². The Balaban J connectivity index is 1.92. The van der Waals surface area contributed by atoms with E-state index in [9.17, 15) is 4.79 Å². The number of fused-ring (bicyclic) bond motifs is 1. The van der Waals surface area contributed by atoms with E-state index >= 15 is 0 Å². The first-order valence-electron chi connectivity index (χ1n) is 5.69. The summed E-state index contributed by atoms with van der Waals surface area (Å²) in [6.07, 6.45) is 2.52. The van der Waals surface area contributed by atoms with Crippen molar-refractivity contribution in [1.29, 1.82) is 0 Å². The fourth-order valence-electron chi connectivity index (χ4n) is 1.91. The summed E-state index contributed by atoms with van der Waals surface area (Å²) in [6.45, 7) is 0.632. The van der Waals surface area contributed by atoms with Crippen molar-refractivity contribution in [2.75, 3.05) is 0 Å². The summed E-state index contributed by atoms with van der Waals surface area (Å²) in [5.74, 6) is -0.988. The molecule has 2 heterocycles. The van der Waals surface area contributed by atoms with Crippen molar-refractivity contribution in [2.24, 2.45) is 0 Å². The molecule has 1 aromatic carbocycles. The average Bonchev–Trinajstić information content (AvgIpc) is 3.05. The van der Waals surface area contributed by atoms with Gasteiger partial charge in [-0.25, -0.2) is 14.5 Å². The van der Waals surface area contributed by atoms with Crippen LogP contribution in [0.1, 0.15) is 15.4 Å². The maximum absolute atomic E-state index is 11.1. The summed E-state index contributed by atoms with van der Waals surface area (Å²) in [4.78, 5) is 15.3. The molecule has 0 atom stereocenters. The van der Waals surface area contributed by atoms with Gasteiger partial charge in [-0.2, -0.15) is 0 Å². The van der Waals surface area contributed by atoms with Crippen LogP contribution in [0, 0.1) is 0 Å². The Hall–Kier alpha value is -2.28. The molecule has 0 aliphatic carbocycles. The fourth-order valence-corrected chi connectivity index (χ4v) is 2.52. The van der Waals surface area contributed by atoms with Crippen LogP contribution < -0.4 is 0 Å². The summed E-state index contributed by atoms with van der Waals surface area (Å²) in [5.41, 5.74) is 1.34. The molecule has 3 aromatic rings. The third-order valence-corrected chi connectivity index (χ3v) is 3.64. The molecule has 0 unspecified atom stereocenters. The van der Waals surface area contributed by atoms with Crippen LogP contribution in [0.5, 0.6) is 0 Å². The first-order valence-corrected chi connectivity index (χ1v) is 6.57. The van der Waals surface area contributed by atoms with Gasteiger partial charge in [0.25, 0.3) is 0 Å². The lowest BCUT2D eigenvalue weighted by atomic mass is 10.2. The molecule has 1 N–H and O–H groups in total. The Morgan fingerprint density at radius 3 is 3.05 bits per heavy atom. The molecule has 0 saturated heterocycles. The van der Waals surface area contributed by atoms with E-state index in [2.05, 4.69) is 15.3 Å². The van der Waals surface area contributed by atoms with E-state index in [1.54, 1.807) is 28.3 Å². The summed E-state index contributed by atoms with van der Waals surface area (Å²) in [7, 11) is 0. The largest absolute Gasteiger partial charge is 0.478 e. The summed E-state index contributed by atoms with van der Waals surface area (Å²) >= 11 is 1.59. The lowest BCUT2D eigenvalue weighted by Gasteiger charge is -2.00. The number of carboxylic acid groups (broad SMARTS) is 1. The molecule has 7 heteroatoms. The first-order chi connectivity index (χ1) is 9.25. The van der Waals surface area contributed by atoms with Crippen molar-refractivity contribution in [3.63, 3.8) is 0 Å². The molecule has 0 bridgehead atoms. The lowest BCUT2D eigenvalue weighted by molar-refractivity contribution is 0.0699.